The summed E-state index contributed by atoms with van der Waals surface area (Å²) < 4.78 is 27.9. The maximum atomic E-state index is 12.7. The van der Waals surface area contributed by atoms with E-state index in [2.05, 4.69) is 19.7 Å². The van der Waals surface area contributed by atoms with Gasteiger partial charge in [-0.25, -0.2) is 13.2 Å². The molecule has 0 fully saturated rings. The molecule has 2 aromatic carbocycles. The molecule has 0 radical (unpaired) electrons. The molecule has 0 unspecified atom stereocenters. The summed E-state index contributed by atoms with van der Waals surface area (Å²) in [6, 6.07) is 13.3. The number of sulfonamides is 1. The molecule has 0 amide bonds. The van der Waals surface area contributed by atoms with E-state index in [1.807, 2.05) is 12.1 Å². The van der Waals surface area contributed by atoms with Crippen LogP contribution in [0.4, 0.5) is 5.69 Å². The van der Waals surface area contributed by atoms with E-state index in [9.17, 15) is 13.2 Å². The number of aromatic amines is 2. The fourth-order valence-electron chi connectivity index (χ4n) is 2.57. The van der Waals surface area contributed by atoms with Gasteiger partial charge in [-0.15, -0.1) is 0 Å². The van der Waals surface area contributed by atoms with Crippen LogP contribution in [0.15, 0.2) is 64.4 Å². The van der Waals surface area contributed by atoms with Crippen molar-refractivity contribution in [1.82, 2.24) is 15.0 Å². The monoisotopic (exact) mass is 340 g/mol. The van der Waals surface area contributed by atoms with Gasteiger partial charge in [0.25, 0.3) is 10.0 Å². The molecule has 0 saturated heterocycles. The number of anilines is 1. The van der Waals surface area contributed by atoms with Crippen LogP contribution >= 0.6 is 0 Å². The van der Waals surface area contributed by atoms with Crippen LogP contribution in [0.2, 0.25) is 0 Å². The number of fused-ring (bicyclic) bond motifs is 2. The molecular formula is C16H12N4O3S. The molecule has 0 atom stereocenters. The van der Waals surface area contributed by atoms with Crippen molar-refractivity contribution in [2.24, 2.45) is 0 Å². The summed E-state index contributed by atoms with van der Waals surface area (Å²) in [7, 11) is -3.81. The van der Waals surface area contributed by atoms with Crippen molar-refractivity contribution in [2.45, 2.75) is 4.90 Å². The first kappa shape index (κ1) is 14.5. The van der Waals surface area contributed by atoms with Crippen LogP contribution in [-0.4, -0.2) is 23.4 Å². The first-order valence-electron chi connectivity index (χ1n) is 7.11. The lowest BCUT2D eigenvalue weighted by Gasteiger charge is -2.10. The minimum Gasteiger partial charge on any atom is -0.306 e. The second kappa shape index (κ2) is 5.20. The quantitative estimate of drug-likeness (QED) is 0.531. The van der Waals surface area contributed by atoms with Gasteiger partial charge in [0.1, 0.15) is 0 Å². The van der Waals surface area contributed by atoms with Gasteiger partial charge in [-0.3, -0.25) is 9.71 Å². The zero-order valence-corrected chi connectivity index (χ0v) is 13.1. The summed E-state index contributed by atoms with van der Waals surface area (Å²) in [5.41, 5.74) is 1.56. The Morgan fingerprint density at radius 3 is 2.62 bits per heavy atom. The SMILES string of the molecule is O=c1[nH]c2ccc(S(=O)(=O)Nc3cccc4cccnc34)cc2[nH]1. The first-order chi connectivity index (χ1) is 11.5. The predicted molar refractivity (Wildman–Crippen MR) is 91.5 cm³/mol. The molecule has 24 heavy (non-hydrogen) atoms. The molecule has 2 heterocycles. The average Bonchev–Trinajstić information content (AvgIpc) is 2.94. The van der Waals surface area contributed by atoms with Gasteiger partial charge < -0.3 is 9.97 Å². The Kier molecular flexibility index (Phi) is 3.14. The highest BCUT2D eigenvalue weighted by Gasteiger charge is 2.17. The van der Waals surface area contributed by atoms with Crippen molar-refractivity contribution < 1.29 is 8.42 Å². The van der Waals surface area contributed by atoms with Gasteiger partial charge >= 0.3 is 5.69 Å². The smallest absolute Gasteiger partial charge is 0.306 e. The molecule has 0 aliphatic heterocycles. The molecule has 2 aromatic heterocycles. The van der Waals surface area contributed by atoms with Crippen molar-refractivity contribution in [1.29, 1.82) is 0 Å². The van der Waals surface area contributed by atoms with Gasteiger partial charge in [0, 0.05) is 11.6 Å². The van der Waals surface area contributed by atoms with Crippen molar-refractivity contribution in [3.63, 3.8) is 0 Å². The molecule has 7 nitrogen and oxygen atoms in total. The number of para-hydroxylation sites is 1. The summed E-state index contributed by atoms with van der Waals surface area (Å²) in [6.45, 7) is 0. The number of H-pyrrole nitrogens is 2. The number of hydrogen-bond donors (Lipinski definition) is 3. The minimum atomic E-state index is -3.81. The lowest BCUT2D eigenvalue weighted by molar-refractivity contribution is 0.601. The molecule has 4 aromatic rings. The summed E-state index contributed by atoms with van der Waals surface area (Å²) >= 11 is 0. The topological polar surface area (TPSA) is 108 Å². The molecule has 3 N–H and O–H groups in total. The van der Waals surface area contributed by atoms with E-state index in [0.717, 1.165) is 5.39 Å². The number of pyridine rings is 1. The van der Waals surface area contributed by atoms with Crippen molar-refractivity contribution in [3.8, 4) is 0 Å². The van der Waals surface area contributed by atoms with Crippen LogP contribution in [0, 0.1) is 0 Å². The van der Waals surface area contributed by atoms with E-state index in [4.69, 9.17) is 0 Å². The molecule has 4 rings (SSSR count). The summed E-state index contributed by atoms with van der Waals surface area (Å²) in [5.74, 6) is 0. The molecule has 0 aliphatic rings. The van der Waals surface area contributed by atoms with E-state index >= 15 is 0 Å². The van der Waals surface area contributed by atoms with Crippen LogP contribution < -0.4 is 10.4 Å². The van der Waals surface area contributed by atoms with E-state index in [1.165, 1.54) is 12.1 Å². The molecule has 0 bridgehead atoms. The second-order valence-electron chi connectivity index (χ2n) is 5.27. The lowest BCUT2D eigenvalue weighted by Crippen LogP contribution is -2.13. The fraction of sp³-hybridized carbons (Fsp3) is 0. The highest BCUT2D eigenvalue weighted by atomic mass is 32.2. The third-order valence-corrected chi connectivity index (χ3v) is 5.04. The Bertz CT molecular complexity index is 1220. The van der Waals surface area contributed by atoms with Gasteiger partial charge in [-0.2, -0.15) is 0 Å². The average molecular weight is 340 g/mol. The first-order valence-corrected chi connectivity index (χ1v) is 8.60. The van der Waals surface area contributed by atoms with E-state index in [1.54, 1.807) is 30.5 Å². The number of benzene rings is 2. The van der Waals surface area contributed by atoms with Crippen LogP contribution in [-0.2, 0) is 10.0 Å². The van der Waals surface area contributed by atoms with Crippen molar-refractivity contribution >= 4 is 37.6 Å². The van der Waals surface area contributed by atoms with Gasteiger partial charge in [0.15, 0.2) is 0 Å². The Morgan fingerprint density at radius 1 is 0.958 bits per heavy atom. The zero-order chi connectivity index (χ0) is 16.7. The molecule has 8 heteroatoms. The lowest BCUT2D eigenvalue weighted by atomic mass is 10.2. The van der Waals surface area contributed by atoms with Crippen LogP contribution in [0.25, 0.3) is 21.9 Å². The largest absolute Gasteiger partial charge is 0.323 e. The predicted octanol–water partition coefficient (Wildman–Crippen LogP) is 2.21. The third kappa shape index (κ3) is 2.42. The van der Waals surface area contributed by atoms with Crippen molar-refractivity contribution in [3.05, 3.63) is 65.2 Å². The Hall–Kier alpha value is -3.13. The normalized spacial score (nSPS) is 11.8. The maximum absolute atomic E-state index is 12.7. The van der Waals surface area contributed by atoms with Gasteiger partial charge in [-0.1, -0.05) is 18.2 Å². The van der Waals surface area contributed by atoms with Gasteiger partial charge in [0.2, 0.25) is 0 Å². The minimum absolute atomic E-state index is 0.0539. The van der Waals surface area contributed by atoms with E-state index in [-0.39, 0.29) is 10.6 Å². The van der Waals surface area contributed by atoms with E-state index < -0.39 is 10.0 Å². The fourth-order valence-corrected chi connectivity index (χ4v) is 3.66. The van der Waals surface area contributed by atoms with Gasteiger partial charge in [-0.05, 0) is 30.3 Å². The van der Waals surface area contributed by atoms with Crippen LogP contribution in [0.5, 0.6) is 0 Å². The summed E-state index contributed by atoms with van der Waals surface area (Å²) in [4.78, 5) is 20.7. The van der Waals surface area contributed by atoms with E-state index in [0.29, 0.717) is 22.2 Å². The Balaban J connectivity index is 1.80. The number of imidazole rings is 1. The number of nitrogens with zero attached hydrogens (tertiary/aromatic N) is 1. The number of rotatable bonds is 3. The molecule has 0 saturated carbocycles. The van der Waals surface area contributed by atoms with Crippen molar-refractivity contribution in [2.75, 3.05) is 4.72 Å². The van der Waals surface area contributed by atoms with Crippen LogP contribution in [0.1, 0.15) is 0 Å². The highest BCUT2D eigenvalue weighted by Crippen LogP contribution is 2.24. The molecule has 120 valence electrons. The molecule has 0 aliphatic carbocycles. The summed E-state index contributed by atoms with van der Waals surface area (Å²) in [5, 5.41) is 0.836. The standard InChI is InChI=1S/C16H12N4O3S/c21-16-18-12-7-6-11(9-14(12)19-16)24(22,23)20-13-5-1-3-10-4-2-8-17-15(10)13/h1-9,20H,(H2,18,19,21). The molecule has 0 spiro atoms. The maximum Gasteiger partial charge on any atom is 0.323 e. The number of nitrogens with one attached hydrogen (secondary N) is 3. The highest BCUT2D eigenvalue weighted by molar-refractivity contribution is 7.92. The molecular weight excluding hydrogens is 328 g/mol. The number of aromatic nitrogens is 3. The third-order valence-electron chi connectivity index (χ3n) is 3.67. The van der Waals surface area contributed by atoms with Gasteiger partial charge in [0.05, 0.1) is 27.1 Å². The Morgan fingerprint density at radius 2 is 1.75 bits per heavy atom. The zero-order valence-electron chi connectivity index (χ0n) is 12.3. The van der Waals surface area contributed by atoms with Crippen LogP contribution in [0.3, 0.4) is 0 Å². The Labute approximate surface area is 136 Å². The summed E-state index contributed by atoms with van der Waals surface area (Å²) in [6.07, 6.45) is 1.61. The second-order valence-corrected chi connectivity index (χ2v) is 6.96. The number of hydrogen-bond acceptors (Lipinski definition) is 4.